The Morgan fingerprint density at radius 3 is 2.42 bits per heavy atom. The molecular formula is C21H20ClN5O4. The van der Waals surface area contributed by atoms with E-state index in [4.69, 9.17) is 25.8 Å². The van der Waals surface area contributed by atoms with Crippen molar-refractivity contribution in [2.75, 3.05) is 24.9 Å². The second kappa shape index (κ2) is 9.05. The molecule has 3 aromatic rings. The molecular weight excluding hydrogens is 422 g/mol. The van der Waals surface area contributed by atoms with Gasteiger partial charge in [-0.3, -0.25) is 4.79 Å². The molecule has 9 nitrogen and oxygen atoms in total. The number of pyridine rings is 1. The number of halogens is 1. The number of hydrogen-bond acceptors (Lipinski definition) is 8. The number of amides is 1. The summed E-state index contributed by atoms with van der Waals surface area (Å²) >= 11 is 6.05. The SMILES string of the molecule is COc1cccc(OC)c1Nc1nc(Cl)cnc1NC(=O)c1ncccc1OC1CC1. The average Bonchev–Trinajstić information content (AvgIpc) is 3.60. The molecule has 1 aliphatic carbocycles. The molecule has 0 atom stereocenters. The zero-order valence-electron chi connectivity index (χ0n) is 16.9. The van der Waals surface area contributed by atoms with Gasteiger partial charge in [0.25, 0.3) is 5.91 Å². The van der Waals surface area contributed by atoms with Gasteiger partial charge in [0.15, 0.2) is 23.1 Å². The van der Waals surface area contributed by atoms with Crippen molar-refractivity contribution in [3.05, 3.63) is 53.6 Å². The van der Waals surface area contributed by atoms with Crippen molar-refractivity contribution in [3.63, 3.8) is 0 Å². The molecule has 2 aromatic heterocycles. The highest BCUT2D eigenvalue weighted by Crippen LogP contribution is 2.37. The van der Waals surface area contributed by atoms with Crippen molar-refractivity contribution in [3.8, 4) is 17.2 Å². The van der Waals surface area contributed by atoms with Crippen LogP contribution in [0.5, 0.6) is 17.2 Å². The van der Waals surface area contributed by atoms with E-state index >= 15 is 0 Å². The van der Waals surface area contributed by atoms with Crippen molar-refractivity contribution in [2.24, 2.45) is 0 Å². The lowest BCUT2D eigenvalue weighted by Gasteiger charge is -2.16. The van der Waals surface area contributed by atoms with Gasteiger partial charge in [-0.05, 0) is 37.1 Å². The number of anilines is 3. The molecule has 1 aromatic carbocycles. The van der Waals surface area contributed by atoms with E-state index in [1.54, 1.807) is 30.3 Å². The van der Waals surface area contributed by atoms with Crippen LogP contribution in [0.1, 0.15) is 23.3 Å². The summed E-state index contributed by atoms with van der Waals surface area (Å²) in [6.07, 6.45) is 4.92. The first-order chi connectivity index (χ1) is 15.1. The lowest BCUT2D eigenvalue weighted by atomic mass is 10.2. The maximum atomic E-state index is 12.9. The summed E-state index contributed by atoms with van der Waals surface area (Å²) in [5, 5.41) is 5.96. The fourth-order valence-corrected chi connectivity index (χ4v) is 2.96. The van der Waals surface area contributed by atoms with Gasteiger partial charge < -0.3 is 24.8 Å². The quantitative estimate of drug-likeness (QED) is 0.538. The van der Waals surface area contributed by atoms with Crippen molar-refractivity contribution >= 4 is 34.8 Å². The second-order valence-corrected chi connectivity index (χ2v) is 7.06. The molecule has 0 bridgehead atoms. The summed E-state index contributed by atoms with van der Waals surface area (Å²) in [6.45, 7) is 0. The number of benzene rings is 1. The van der Waals surface area contributed by atoms with E-state index in [1.807, 2.05) is 0 Å². The van der Waals surface area contributed by atoms with Gasteiger partial charge in [0.1, 0.15) is 22.3 Å². The number of ether oxygens (including phenoxy) is 3. The first-order valence-corrected chi connectivity index (χ1v) is 9.90. The number of methoxy groups -OCH3 is 2. The summed E-state index contributed by atoms with van der Waals surface area (Å²) in [6, 6.07) is 8.74. The Morgan fingerprint density at radius 1 is 1.03 bits per heavy atom. The van der Waals surface area contributed by atoms with Crippen LogP contribution in [0.4, 0.5) is 17.3 Å². The molecule has 160 valence electrons. The van der Waals surface area contributed by atoms with Gasteiger partial charge >= 0.3 is 0 Å². The Balaban J connectivity index is 1.64. The third-order valence-corrected chi connectivity index (χ3v) is 4.63. The van der Waals surface area contributed by atoms with Crippen LogP contribution >= 0.6 is 11.6 Å². The fraction of sp³-hybridized carbons (Fsp3) is 0.238. The highest BCUT2D eigenvalue weighted by atomic mass is 35.5. The molecule has 0 spiro atoms. The first-order valence-electron chi connectivity index (χ1n) is 9.52. The van der Waals surface area contributed by atoms with E-state index < -0.39 is 5.91 Å². The predicted molar refractivity (Wildman–Crippen MR) is 116 cm³/mol. The zero-order chi connectivity index (χ0) is 21.8. The van der Waals surface area contributed by atoms with Gasteiger partial charge in [0.2, 0.25) is 0 Å². The first kappa shape index (κ1) is 20.7. The third-order valence-electron chi connectivity index (χ3n) is 4.45. The minimum Gasteiger partial charge on any atom is -0.494 e. The van der Waals surface area contributed by atoms with Crippen LogP contribution in [-0.4, -0.2) is 41.2 Å². The molecule has 0 aliphatic heterocycles. The molecule has 1 saturated carbocycles. The van der Waals surface area contributed by atoms with Crippen LogP contribution in [0.15, 0.2) is 42.7 Å². The average molecular weight is 442 g/mol. The summed E-state index contributed by atoms with van der Waals surface area (Å²) in [7, 11) is 3.07. The van der Waals surface area contributed by atoms with Crippen LogP contribution in [0.2, 0.25) is 5.15 Å². The molecule has 0 saturated heterocycles. The normalized spacial score (nSPS) is 12.7. The van der Waals surface area contributed by atoms with Crippen molar-refractivity contribution < 1.29 is 19.0 Å². The van der Waals surface area contributed by atoms with Crippen molar-refractivity contribution in [1.82, 2.24) is 15.0 Å². The maximum Gasteiger partial charge on any atom is 0.279 e. The number of carbonyl (C=O) groups excluding carboxylic acids is 1. The maximum absolute atomic E-state index is 12.9. The predicted octanol–water partition coefficient (Wildman–Crippen LogP) is 4.08. The third kappa shape index (κ3) is 4.77. The van der Waals surface area contributed by atoms with E-state index in [-0.39, 0.29) is 28.6 Å². The Hall–Kier alpha value is -3.59. The van der Waals surface area contributed by atoms with Gasteiger partial charge in [0.05, 0.1) is 26.5 Å². The van der Waals surface area contributed by atoms with Gasteiger partial charge in [-0.2, -0.15) is 0 Å². The van der Waals surface area contributed by atoms with Crippen LogP contribution in [0, 0.1) is 0 Å². The number of aromatic nitrogens is 3. The summed E-state index contributed by atoms with van der Waals surface area (Å²) in [4.78, 5) is 25.6. The van der Waals surface area contributed by atoms with Gasteiger partial charge in [-0.15, -0.1) is 0 Å². The molecule has 31 heavy (non-hydrogen) atoms. The van der Waals surface area contributed by atoms with Crippen LogP contribution in [0.25, 0.3) is 0 Å². The lowest BCUT2D eigenvalue weighted by molar-refractivity contribution is 0.101. The number of nitrogens with zero attached hydrogens (tertiary/aromatic N) is 3. The summed E-state index contributed by atoms with van der Waals surface area (Å²) in [5.74, 6) is 1.34. The molecule has 2 heterocycles. The second-order valence-electron chi connectivity index (χ2n) is 6.67. The molecule has 1 fully saturated rings. The monoisotopic (exact) mass is 441 g/mol. The summed E-state index contributed by atoms with van der Waals surface area (Å²) in [5.41, 5.74) is 0.669. The van der Waals surface area contributed by atoms with E-state index in [0.717, 1.165) is 12.8 Å². The topological polar surface area (TPSA) is 107 Å². The number of hydrogen-bond donors (Lipinski definition) is 2. The van der Waals surface area contributed by atoms with E-state index in [0.29, 0.717) is 22.9 Å². The molecule has 2 N–H and O–H groups in total. The van der Waals surface area contributed by atoms with Gasteiger partial charge in [-0.1, -0.05) is 17.7 Å². The Labute approximate surface area is 183 Å². The number of carbonyl (C=O) groups is 1. The lowest BCUT2D eigenvalue weighted by Crippen LogP contribution is -2.18. The van der Waals surface area contributed by atoms with E-state index in [2.05, 4.69) is 25.6 Å². The Morgan fingerprint density at radius 2 is 1.74 bits per heavy atom. The molecule has 4 rings (SSSR count). The summed E-state index contributed by atoms with van der Waals surface area (Å²) < 4.78 is 16.6. The van der Waals surface area contributed by atoms with Gasteiger partial charge in [0, 0.05) is 6.20 Å². The smallest absolute Gasteiger partial charge is 0.279 e. The van der Waals surface area contributed by atoms with Crippen molar-refractivity contribution in [1.29, 1.82) is 0 Å². The van der Waals surface area contributed by atoms with Crippen LogP contribution < -0.4 is 24.8 Å². The number of nitrogens with one attached hydrogen (secondary N) is 2. The molecule has 0 radical (unpaired) electrons. The highest BCUT2D eigenvalue weighted by molar-refractivity contribution is 6.29. The van der Waals surface area contributed by atoms with Crippen molar-refractivity contribution in [2.45, 2.75) is 18.9 Å². The molecule has 10 heteroatoms. The Kier molecular flexibility index (Phi) is 6.03. The number of para-hydroxylation sites is 1. The van der Waals surface area contributed by atoms with Crippen LogP contribution in [-0.2, 0) is 0 Å². The highest BCUT2D eigenvalue weighted by Gasteiger charge is 2.26. The van der Waals surface area contributed by atoms with E-state index in [9.17, 15) is 4.79 Å². The number of rotatable bonds is 8. The standard InChI is InChI=1S/C21H20ClN5O4/c1-29-13-5-3-6-14(30-2)17(13)26-20-19(24-11-16(22)25-20)27-21(28)18-15(7-4-10-23-18)31-12-8-9-12/h3-7,10-12H,8-9H2,1-2H3,(H,25,26)(H,24,27,28). The molecule has 0 unspecified atom stereocenters. The largest absolute Gasteiger partial charge is 0.494 e. The minimum absolute atomic E-state index is 0.126. The molecule has 1 aliphatic rings. The van der Waals surface area contributed by atoms with Gasteiger partial charge in [-0.25, -0.2) is 15.0 Å². The zero-order valence-corrected chi connectivity index (χ0v) is 17.6. The van der Waals surface area contributed by atoms with Crippen LogP contribution in [0.3, 0.4) is 0 Å². The molecule has 1 amide bonds. The minimum atomic E-state index is -0.483. The fourth-order valence-electron chi connectivity index (χ4n) is 2.83. The Bertz CT molecular complexity index is 1080. The van der Waals surface area contributed by atoms with E-state index in [1.165, 1.54) is 26.6 Å².